The Morgan fingerprint density at radius 3 is 2.88 bits per heavy atom. The molecular weight excluding hydrogens is 330 g/mol. The van der Waals surface area contributed by atoms with Gasteiger partial charge in [-0.05, 0) is 48.7 Å². The SMILES string of the molecule is CNc1cc([C@@H]2CCCN(C(=O)c3ccc4c(c3)OCCO4)C2)ccn1. The van der Waals surface area contributed by atoms with Crippen LogP contribution in [0.5, 0.6) is 11.5 Å². The van der Waals surface area contributed by atoms with Gasteiger partial charge in [-0.1, -0.05) is 0 Å². The Labute approximate surface area is 153 Å². The molecule has 2 aliphatic rings. The number of benzene rings is 1. The molecule has 1 saturated heterocycles. The Morgan fingerprint density at radius 2 is 2.04 bits per heavy atom. The van der Waals surface area contributed by atoms with Crippen LogP contribution in [-0.2, 0) is 0 Å². The van der Waals surface area contributed by atoms with Crippen molar-refractivity contribution in [1.82, 2.24) is 9.88 Å². The predicted octanol–water partition coefficient (Wildman–Crippen LogP) is 2.91. The van der Waals surface area contributed by atoms with Crippen molar-refractivity contribution in [2.24, 2.45) is 0 Å². The van der Waals surface area contributed by atoms with Crippen LogP contribution in [0.25, 0.3) is 0 Å². The van der Waals surface area contributed by atoms with E-state index in [4.69, 9.17) is 9.47 Å². The van der Waals surface area contributed by atoms with Crippen LogP contribution >= 0.6 is 0 Å². The molecule has 1 amide bonds. The second-order valence-electron chi connectivity index (χ2n) is 6.67. The minimum absolute atomic E-state index is 0.0505. The van der Waals surface area contributed by atoms with E-state index in [1.165, 1.54) is 5.56 Å². The number of anilines is 1. The number of pyridine rings is 1. The molecule has 0 radical (unpaired) electrons. The molecule has 0 spiro atoms. The third-order valence-electron chi connectivity index (χ3n) is 5.01. The number of fused-ring (bicyclic) bond motifs is 1. The van der Waals surface area contributed by atoms with Gasteiger partial charge in [-0.25, -0.2) is 4.98 Å². The highest BCUT2D eigenvalue weighted by molar-refractivity contribution is 5.95. The van der Waals surface area contributed by atoms with E-state index in [-0.39, 0.29) is 5.91 Å². The van der Waals surface area contributed by atoms with Gasteiger partial charge in [0.1, 0.15) is 19.0 Å². The summed E-state index contributed by atoms with van der Waals surface area (Å²) in [6, 6.07) is 9.56. The first-order valence-corrected chi connectivity index (χ1v) is 9.07. The van der Waals surface area contributed by atoms with Crippen LogP contribution in [-0.4, -0.2) is 49.1 Å². The molecule has 0 saturated carbocycles. The third kappa shape index (κ3) is 3.31. The van der Waals surface area contributed by atoms with Gasteiger partial charge in [-0.2, -0.15) is 0 Å². The molecule has 0 unspecified atom stereocenters. The van der Waals surface area contributed by atoms with E-state index in [9.17, 15) is 4.79 Å². The first-order chi connectivity index (χ1) is 12.7. The lowest BCUT2D eigenvalue weighted by molar-refractivity contribution is 0.0706. The summed E-state index contributed by atoms with van der Waals surface area (Å²) in [5, 5.41) is 3.08. The molecule has 2 aromatic rings. The van der Waals surface area contributed by atoms with E-state index in [0.29, 0.717) is 36.2 Å². The van der Waals surface area contributed by atoms with Gasteiger partial charge in [-0.15, -0.1) is 0 Å². The van der Waals surface area contributed by atoms with Gasteiger partial charge in [0.25, 0.3) is 5.91 Å². The lowest BCUT2D eigenvalue weighted by Crippen LogP contribution is -2.39. The number of amides is 1. The van der Waals surface area contributed by atoms with Gasteiger partial charge in [-0.3, -0.25) is 4.79 Å². The van der Waals surface area contributed by atoms with Crippen LogP contribution in [0, 0.1) is 0 Å². The number of carbonyl (C=O) groups excluding carboxylic acids is 1. The molecule has 6 nitrogen and oxygen atoms in total. The van der Waals surface area contributed by atoms with Crippen molar-refractivity contribution < 1.29 is 14.3 Å². The summed E-state index contributed by atoms with van der Waals surface area (Å²) in [7, 11) is 1.87. The maximum absolute atomic E-state index is 13.0. The number of hydrogen-bond acceptors (Lipinski definition) is 5. The standard InChI is InChI=1S/C20H23N3O3/c1-21-19-12-14(6-7-22-19)16-3-2-8-23(13-16)20(24)15-4-5-17-18(11-15)26-10-9-25-17/h4-7,11-12,16H,2-3,8-10,13H2,1H3,(H,21,22)/t16-/m1/s1. The summed E-state index contributed by atoms with van der Waals surface area (Å²) in [5.41, 5.74) is 1.88. The predicted molar refractivity (Wildman–Crippen MR) is 99.1 cm³/mol. The molecule has 1 aromatic carbocycles. The number of nitrogens with zero attached hydrogens (tertiary/aromatic N) is 2. The first-order valence-electron chi connectivity index (χ1n) is 9.07. The number of nitrogens with one attached hydrogen (secondary N) is 1. The first kappa shape index (κ1) is 16.7. The Hall–Kier alpha value is -2.76. The van der Waals surface area contributed by atoms with Crippen LogP contribution in [0.15, 0.2) is 36.5 Å². The minimum atomic E-state index is 0.0505. The van der Waals surface area contributed by atoms with E-state index in [1.807, 2.05) is 36.3 Å². The lowest BCUT2D eigenvalue weighted by Gasteiger charge is -2.33. The fourth-order valence-corrected chi connectivity index (χ4v) is 3.63. The second kappa shape index (κ2) is 7.23. The lowest BCUT2D eigenvalue weighted by atomic mass is 9.90. The molecule has 1 atom stereocenters. The molecule has 1 fully saturated rings. The summed E-state index contributed by atoms with van der Waals surface area (Å²) < 4.78 is 11.1. The fourth-order valence-electron chi connectivity index (χ4n) is 3.63. The summed E-state index contributed by atoms with van der Waals surface area (Å²) >= 11 is 0. The van der Waals surface area contributed by atoms with Crippen molar-refractivity contribution >= 4 is 11.7 Å². The Bertz CT molecular complexity index is 809. The normalized spacial score (nSPS) is 19.1. The van der Waals surface area contributed by atoms with E-state index in [2.05, 4.69) is 16.4 Å². The van der Waals surface area contributed by atoms with E-state index < -0.39 is 0 Å². The monoisotopic (exact) mass is 353 g/mol. The van der Waals surface area contributed by atoms with Crippen molar-refractivity contribution in [3.63, 3.8) is 0 Å². The number of aromatic nitrogens is 1. The second-order valence-corrected chi connectivity index (χ2v) is 6.67. The molecule has 0 bridgehead atoms. The highest BCUT2D eigenvalue weighted by Gasteiger charge is 2.26. The molecule has 4 rings (SSSR count). The molecule has 1 aromatic heterocycles. The van der Waals surface area contributed by atoms with Gasteiger partial charge >= 0.3 is 0 Å². The minimum Gasteiger partial charge on any atom is -0.486 e. The van der Waals surface area contributed by atoms with E-state index in [0.717, 1.165) is 31.7 Å². The summed E-state index contributed by atoms with van der Waals surface area (Å²) in [6.07, 6.45) is 3.90. The van der Waals surface area contributed by atoms with Gasteiger partial charge in [0, 0.05) is 37.8 Å². The molecule has 3 heterocycles. The number of carbonyl (C=O) groups is 1. The number of rotatable bonds is 3. The fraction of sp³-hybridized carbons (Fsp3) is 0.400. The molecular formula is C20H23N3O3. The van der Waals surface area contributed by atoms with Crippen LogP contribution in [0.3, 0.4) is 0 Å². The third-order valence-corrected chi connectivity index (χ3v) is 5.01. The molecule has 1 N–H and O–H groups in total. The molecule has 2 aliphatic heterocycles. The van der Waals surface area contributed by atoms with Crippen molar-refractivity contribution in [2.75, 3.05) is 38.7 Å². The van der Waals surface area contributed by atoms with Crippen LogP contribution < -0.4 is 14.8 Å². The zero-order chi connectivity index (χ0) is 17.9. The van der Waals surface area contributed by atoms with Gasteiger partial charge in [0.15, 0.2) is 11.5 Å². The average Bonchev–Trinajstić information content (AvgIpc) is 2.73. The molecule has 136 valence electrons. The molecule has 26 heavy (non-hydrogen) atoms. The van der Waals surface area contributed by atoms with Gasteiger partial charge < -0.3 is 19.7 Å². The maximum atomic E-state index is 13.0. The number of likely N-dealkylation sites (tertiary alicyclic amines) is 1. The maximum Gasteiger partial charge on any atom is 0.254 e. The van der Waals surface area contributed by atoms with Crippen molar-refractivity contribution in [1.29, 1.82) is 0 Å². The average molecular weight is 353 g/mol. The number of ether oxygens (including phenoxy) is 2. The highest BCUT2D eigenvalue weighted by Crippen LogP contribution is 2.33. The summed E-state index contributed by atoms with van der Waals surface area (Å²) in [4.78, 5) is 19.2. The van der Waals surface area contributed by atoms with Crippen LogP contribution in [0.4, 0.5) is 5.82 Å². The zero-order valence-electron chi connectivity index (χ0n) is 14.9. The van der Waals surface area contributed by atoms with Crippen LogP contribution in [0.2, 0.25) is 0 Å². The van der Waals surface area contributed by atoms with Crippen molar-refractivity contribution in [2.45, 2.75) is 18.8 Å². The molecule has 0 aliphatic carbocycles. The zero-order valence-corrected chi connectivity index (χ0v) is 14.9. The van der Waals surface area contributed by atoms with E-state index in [1.54, 1.807) is 6.07 Å². The van der Waals surface area contributed by atoms with Crippen molar-refractivity contribution in [3.8, 4) is 11.5 Å². The number of piperidine rings is 1. The van der Waals surface area contributed by atoms with Gasteiger partial charge in [0.05, 0.1) is 0 Å². The van der Waals surface area contributed by atoms with Crippen LogP contribution in [0.1, 0.15) is 34.7 Å². The quantitative estimate of drug-likeness (QED) is 0.919. The molecule has 6 heteroatoms. The highest BCUT2D eigenvalue weighted by atomic mass is 16.6. The summed E-state index contributed by atoms with van der Waals surface area (Å²) in [5.74, 6) is 2.61. The van der Waals surface area contributed by atoms with E-state index >= 15 is 0 Å². The smallest absolute Gasteiger partial charge is 0.254 e. The number of hydrogen-bond donors (Lipinski definition) is 1. The largest absolute Gasteiger partial charge is 0.486 e. The Morgan fingerprint density at radius 1 is 1.19 bits per heavy atom. The van der Waals surface area contributed by atoms with Crippen molar-refractivity contribution in [3.05, 3.63) is 47.7 Å². The Balaban J connectivity index is 1.51. The topological polar surface area (TPSA) is 63.7 Å². The summed E-state index contributed by atoms with van der Waals surface area (Å²) in [6.45, 7) is 2.58. The van der Waals surface area contributed by atoms with Gasteiger partial charge in [0.2, 0.25) is 0 Å². The Kier molecular flexibility index (Phi) is 4.65.